The van der Waals surface area contributed by atoms with E-state index in [4.69, 9.17) is 0 Å². The summed E-state index contributed by atoms with van der Waals surface area (Å²) in [6.07, 6.45) is 4.44. The van der Waals surface area contributed by atoms with Crippen molar-refractivity contribution in [3.8, 4) is 11.3 Å². The van der Waals surface area contributed by atoms with E-state index in [1.54, 1.807) is 43.7 Å². The molecule has 0 aliphatic carbocycles. The lowest BCUT2D eigenvalue weighted by atomic mass is 10.2. The van der Waals surface area contributed by atoms with Crippen LogP contribution in [-0.2, 0) is 9.84 Å². The minimum atomic E-state index is -3.16. The summed E-state index contributed by atoms with van der Waals surface area (Å²) in [5.41, 5.74) is 1.52. The molecule has 1 N–H and O–H groups in total. The van der Waals surface area contributed by atoms with Crippen LogP contribution in [0.1, 0.15) is 0 Å². The second-order valence-electron chi connectivity index (χ2n) is 3.84. The number of benzene rings is 1. The predicted molar refractivity (Wildman–Crippen MR) is 70.1 cm³/mol. The molecule has 0 aliphatic heterocycles. The molecule has 1 heterocycles. The molecule has 0 atom stereocenters. The van der Waals surface area contributed by atoms with Crippen LogP contribution in [0.4, 0.5) is 5.82 Å². The van der Waals surface area contributed by atoms with Gasteiger partial charge in [-0.05, 0) is 12.1 Å². The van der Waals surface area contributed by atoms with Crippen LogP contribution < -0.4 is 5.32 Å². The van der Waals surface area contributed by atoms with Gasteiger partial charge in [-0.15, -0.1) is 0 Å². The van der Waals surface area contributed by atoms with Gasteiger partial charge in [0.15, 0.2) is 9.84 Å². The number of sulfone groups is 1. The molecule has 6 heteroatoms. The fourth-order valence-corrected chi connectivity index (χ4v) is 2.13. The largest absolute Gasteiger partial charge is 0.372 e. The first-order valence-electron chi connectivity index (χ1n) is 5.31. The van der Waals surface area contributed by atoms with Crippen LogP contribution in [0.5, 0.6) is 0 Å². The Bertz CT molecular complexity index is 651. The molecule has 1 aromatic carbocycles. The van der Waals surface area contributed by atoms with E-state index in [2.05, 4.69) is 15.3 Å². The molecule has 94 valence electrons. The molecule has 0 saturated heterocycles. The molecule has 2 rings (SSSR count). The number of anilines is 1. The molecule has 2 aromatic rings. The van der Waals surface area contributed by atoms with Crippen LogP contribution in [0.3, 0.4) is 0 Å². The number of hydrogen-bond acceptors (Lipinski definition) is 5. The molecule has 0 bridgehead atoms. The minimum absolute atomic E-state index is 0.295. The Morgan fingerprint density at radius 3 is 2.33 bits per heavy atom. The highest BCUT2D eigenvalue weighted by Crippen LogP contribution is 2.19. The fourth-order valence-electron chi connectivity index (χ4n) is 1.50. The summed E-state index contributed by atoms with van der Waals surface area (Å²) in [6.45, 7) is 0. The zero-order valence-electron chi connectivity index (χ0n) is 10.1. The molecule has 0 spiro atoms. The van der Waals surface area contributed by atoms with Gasteiger partial charge in [0.05, 0.1) is 23.0 Å². The molecule has 0 unspecified atom stereocenters. The maximum atomic E-state index is 11.3. The number of rotatable bonds is 3. The normalized spacial score (nSPS) is 11.2. The van der Waals surface area contributed by atoms with Crippen molar-refractivity contribution in [1.82, 2.24) is 9.97 Å². The van der Waals surface area contributed by atoms with E-state index >= 15 is 0 Å². The summed E-state index contributed by atoms with van der Waals surface area (Å²) in [6, 6.07) is 6.58. The number of aromatic nitrogens is 2. The van der Waals surface area contributed by atoms with Gasteiger partial charge in [0.1, 0.15) is 5.82 Å². The Kier molecular flexibility index (Phi) is 3.29. The maximum Gasteiger partial charge on any atom is 0.175 e. The van der Waals surface area contributed by atoms with Crippen molar-refractivity contribution in [2.45, 2.75) is 4.90 Å². The van der Waals surface area contributed by atoms with E-state index in [1.807, 2.05) is 0 Å². The molecule has 0 amide bonds. The fraction of sp³-hybridized carbons (Fsp3) is 0.167. The lowest BCUT2D eigenvalue weighted by Gasteiger charge is -2.04. The predicted octanol–water partition coefficient (Wildman–Crippen LogP) is 1.59. The van der Waals surface area contributed by atoms with E-state index in [-0.39, 0.29) is 0 Å². The van der Waals surface area contributed by atoms with E-state index in [0.29, 0.717) is 16.4 Å². The summed E-state index contributed by atoms with van der Waals surface area (Å²) < 4.78 is 22.7. The van der Waals surface area contributed by atoms with Gasteiger partial charge in [0, 0.05) is 18.9 Å². The summed E-state index contributed by atoms with van der Waals surface area (Å²) in [4.78, 5) is 8.69. The van der Waals surface area contributed by atoms with Crippen LogP contribution >= 0.6 is 0 Å². The molecule has 0 radical (unpaired) electrons. The quantitative estimate of drug-likeness (QED) is 0.910. The Hall–Kier alpha value is -1.95. The van der Waals surface area contributed by atoms with Crippen LogP contribution in [-0.4, -0.2) is 31.7 Å². The van der Waals surface area contributed by atoms with E-state index in [9.17, 15) is 8.42 Å². The summed E-state index contributed by atoms with van der Waals surface area (Å²) in [7, 11) is -1.40. The minimum Gasteiger partial charge on any atom is -0.372 e. The third-order valence-corrected chi connectivity index (χ3v) is 3.60. The molecule has 0 saturated carbocycles. The van der Waals surface area contributed by atoms with Crippen molar-refractivity contribution in [2.75, 3.05) is 18.6 Å². The van der Waals surface area contributed by atoms with Crippen LogP contribution in [0.2, 0.25) is 0 Å². The average Bonchev–Trinajstić information content (AvgIpc) is 2.38. The highest BCUT2D eigenvalue weighted by molar-refractivity contribution is 7.90. The average molecular weight is 263 g/mol. The van der Waals surface area contributed by atoms with Crippen molar-refractivity contribution in [3.05, 3.63) is 36.7 Å². The lowest BCUT2D eigenvalue weighted by Crippen LogP contribution is -1.97. The Labute approximate surface area is 106 Å². The van der Waals surface area contributed by atoms with Gasteiger partial charge in [-0.25, -0.2) is 13.4 Å². The topological polar surface area (TPSA) is 72.0 Å². The highest BCUT2D eigenvalue weighted by atomic mass is 32.2. The van der Waals surface area contributed by atoms with Gasteiger partial charge in [-0.2, -0.15) is 0 Å². The third kappa shape index (κ3) is 2.65. The molecule has 1 aromatic heterocycles. The van der Waals surface area contributed by atoms with Gasteiger partial charge in [-0.1, -0.05) is 12.1 Å². The lowest BCUT2D eigenvalue weighted by molar-refractivity contribution is 0.602. The monoisotopic (exact) mass is 263 g/mol. The second kappa shape index (κ2) is 4.73. The summed E-state index contributed by atoms with van der Waals surface area (Å²) in [5.74, 6) is 0.666. The zero-order chi connectivity index (χ0) is 13.2. The standard InChI is InChI=1S/C12H13N3O2S/c1-13-12-8-14-7-11(15-12)9-3-5-10(6-4-9)18(2,16)17/h3-8H,1-2H3,(H,13,15). The third-order valence-electron chi connectivity index (χ3n) is 2.47. The van der Waals surface area contributed by atoms with Gasteiger partial charge >= 0.3 is 0 Å². The Balaban J connectivity index is 2.40. The summed E-state index contributed by atoms with van der Waals surface area (Å²) in [5, 5.41) is 2.90. The number of nitrogens with zero attached hydrogens (tertiary/aromatic N) is 2. The molecule has 18 heavy (non-hydrogen) atoms. The smallest absolute Gasteiger partial charge is 0.175 e. The van der Waals surface area contributed by atoms with Crippen LogP contribution in [0.15, 0.2) is 41.6 Å². The van der Waals surface area contributed by atoms with E-state index in [0.717, 1.165) is 5.56 Å². The van der Waals surface area contributed by atoms with Gasteiger partial charge in [0.25, 0.3) is 0 Å². The summed E-state index contributed by atoms with van der Waals surface area (Å²) >= 11 is 0. The van der Waals surface area contributed by atoms with Gasteiger partial charge < -0.3 is 5.32 Å². The Morgan fingerprint density at radius 2 is 1.78 bits per heavy atom. The molecule has 0 aliphatic rings. The molecule has 5 nitrogen and oxygen atoms in total. The van der Waals surface area contributed by atoms with Crippen LogP contribution in [0.25, 0.3) is 11.3 Å². The zero-order valence-corrected chi connectivity index (χ0v) is 10.9. The van der Waals surface area contributed by atoms with E-state index < -0.39 is 9.84 Å². The first-order valence-corrected chi connectivity index (χ1v) is 7.20. The van der Waals surface area contributed by atoms with Crippen molar-refractivity contribution < 1.29 is 8.42 Å². The van der Waals surface area contributed by atoms with Crippen molar-refractivity contribution in [1.29, 1.82) is 0 Å². The van der Waals surface area contributed by atoms with Crippen LogP contribution in [0, 0.1) is 0 Å². The van der Waals surface area contributed by atoms with Gasteiger partial charge in [-0.3, -0.25) is 4.98 Å². The number of hydrogen-bond donors (Lipinski definition) is 1. The van der Waals surface area contributed by atoms with Gasteiger partial charge in [0.2, 0.25) is 0 Å². The van der Waals surface area contributed by atoms with Crippen molar-refractivity contribution in [3.63, 3.8) is 0 Å². The SMILES string of the molecule is CNc1cncc(-c2ccc(S(C)(=O)=O)cc2)n1. The first kappa shape index (κ1) is 12.5. The molecular weight excluding hydrogens is 250 g/mol. The first-order chi connectivity index (χ1) is 8.50. The van der Waals surface area contributed by atoms with Crippen molar-refractivity contribution >= 4 is 15.7 Å². The second-order valence-corrected chi connectivity index (χ2v) is 5.85. The maximum absolute atomic E-state index is 11.3. The Morgan fingerprint density at radius 1 is 1.11 bits per heavy atom. The highest BCUT2D eigenvalue weighted by Gasteiger charge is 2.07. The number of nitrogens with one attached hydrogen (secondary N) is 1. The molecule has 0 fully saturated rings. The van der Waals surface area contributed by atoms with Crippen molar-refractivity contribution in [2.24, 2.45) is 0 Å². The van der Waals surface area contributed by atoms with E-state index in [1.165, 1.54) is 6.26 Å². The molecular formula is C12H13N3O2S.